The summed E-state index contributed by atoms with van der Waals surface area (Å²) in [6.45, 7) is 2.52. The maximum absolute atomic E-state index is 12.7. The molecule has 0 bridgehead atoms. The lowest BCUT2D eigenvalue weighted by atomic mass is 10.2. The van der Waals surface area contributed by atoms with E-state index in [1.807, 2.05) is 6.07 Å². The molecule has 0 aliphatic carbocycles. The predicted octanol–water partition coefficient (Wildman–Crippen LogP) is 2.86. The molecule has 0 saturated carbocycles. The van der Waals surface area contributed by atoms with E-state index in [1.165, 1.54) is 10.4 Å². The van der Waals surface area contributed by atoms with Crippen LogP contribution in [0.25, 0.3) is 0 Å². The summed E-state index contributed by atoms with van der Waals surface area (Å²) in [5.41, 5.74) is 0.919. The fourth-order valence-electron chi connectivity index (χ4n) is 2.91. The van der Waals surface area contributed by atoms with Crippen molar-refractivity contribution in [1.82, 2.24) is 9.21 Å². The minimum atomic E-state index is -3.50. The molecule has 2 aromatic rings. The second-order valence-electron chi connectivity index (χ2n) is 6.06. The molecule has 7 nitrogen and oxygen atoms in total. The smallest absolute Gasteiger partial charge is 0.269 e. The Hall–Kier alpha value is -1.81. The van der Waals surface area contributed by atoms with Gasteiger partial charge in [-0.25, -0.2) is 8.42 Å². The van der Waals surface area contributed by atoms with Gasteiger partial charge in [0.25, 0.3) is 5.69 Å². The number of sulfonamides is 1. The molecule has 0 aromatic heterocycles. The molecule has 1 fully saturated rings. The van der Waals surface area contributed by atoms with Gasteiger partial charge in [-0.1, -0.05) is 28.1 Å². The normalized spacial score (nSPS) is 16.5. The molecule has 26 heavy (non-hydrogen) atoms. The molecule has 1 aliphatic heterocycles. The summed E-state index contributed by atoms with van der Waals surface area (Å²) in [7, 11) is -3.50. The molecular weight excluding hydrogens is 422 g/mol. The standard InChI is InChI=1S/C17H18BrN3O4S/c18-15-4-6-17(7-5-15)26(24,25)20-10-8-19(9-11-20)13-14-2-1-3-16(12-14)21(22)23/h1-7,12H,8-11,13H2. The van der Waals surface area contributed by atoms with Gasteiger partial charge in [0.2, 0.25) is 10.0 Å². The van der Waals surface area contributed by atoms with Crippen molar-refractivity contribution < 1.29 is 13.3 Å². The van der Waals surface area contributed by atoms with E-state index in [0.717, 1.165) is 10.0 Å². The lowest BCUT2D eigenvalue weighted by Gasteiger charge is -2.34. The Kier molecular flexibility index (Phi) is 5.71. The summed E-state index contributed by atoms with van der Waals surface area (Å²) in [5.74, 6) is 0. The summed E-state index contributed by atoms with van der Waals surface area (Å²) < 4.78 is 27.7. The Balaban J connectivity index is 1.63. The van der Waals surface area contributed by atoms with Crippen LogP contribution in [0.15, 0.2) is 57.9 Å². The van der Waals surface area contributed by atoms with Gasteiger partial charge in [0.1, 0.15) is 0 Å². The predicted molar refractivity (Wildman–Crippen MR) is 101 cm³/mol. The molecule has 9 heteroatoms. The molecule has 138 valence electrons. The molecule has 0 unspecified atom stereocenters. The highest BCUT2D eigenvalue weighted by Crippen LogP contribution is 2.21. The zero-order chi connectivity index (χ0) is 18.7. The van der Waals surface area contributed by atoms with Gasteiger partial charge in [0.05, 0.1) is 9.82 Å². The van der Waals surface area contributed by atoms with Crippen LogP contribution in [-0.2, 0) is 16.6 Å². The summed E-state index contributed by atoms with van der Waals surface area (Å²) in [6, 6.07) is 13.2. The number of halogens is 1. The van der Waals surface area contributed by atoms with Crippen LogP contribution in [0.4, 0.5) is 5.69 Å². The zero-order valence-corrected chi connectivity index (χ0v) is 16.3. The number of nitro groups is 1. The number of hydrogen-bond donors (Lipinski definition) is 0. The molecule has 1 heterocycles. The van der Waals surface area contributed by atoms with Gasteiger partial charge in [-0.3, -0.25) is 15.0 Å². The van der Waals surface area contributed by atoms with Gasteiger partial charge in [-0.2, -0.15) is 4.31 Å². The molecule has 0 N–H and O–H groups in total. The van der Waals surface area contributed by atoms with Crippen molar-refractivity contribution in [2.24, 2.45) is 0 Å². The van der Waals surface area contributed by atoms with E-state index in [-0.39, 0.29) is 10.6 Å². The third-order valence-electron chi connectivity index (χ3n) is 4.31. The van der Waals surface area contributed by atoms with Crippen molar-refractivity contribution in [3.63, 3.8) is 0 Å². The molecule has 0 radical (unpaired) electrons. The van der Waals surface area contributed by atoms with Gasteiger partial charge < -0.3 is 0 Å². The van der Waals surface area contributed by atoms with Crippen molar-refractivity contribution >= 4 is 31.6 Å². The van der Waals surface area contributed by atoms with Gasteiger partial charge in [0.15, 0.2) is 0 Å². The average molecular weight is 440 g/mol. The Labute approximate surface area is 160 Å². The molecule has 3 rings (SSSR count). The molecule has 0 atom stereocenters. The first kappa shape index (κ1) is 19.0. The first-order valence-corrected chi connectivity index (χ1v) is 10.3. The summed E-state index contributed by atoms with van der Waals surface area (Å²) in [6.07, 6.45) is 0. The van der Waals surface area contributed by atoms with Crippen LogP contribution >= 0.6 is 15.9 Å². The third-order valence-corrected chi connectivity index (χ3v) is 6.75. The van der Waals surface area contributed by atoms with E-state index in [1.54, 1.807) is 36.4 Å². The Morgan fingerprint density at radius 2 is 1.69 bits per heavy atom. The van der Waals surface area contributed by atoms with Gasteiger partial charge >= 0.3 is 0 Å². The molecule has 1 aliphatic rings. The SMILES string of the molecule is O=[N+]([O-])c1cccc(CN2CCN(S(=O)(=O)c3ccc(Br)cc3)CC2)c1. The van der Waals surface area contributed by atoms with Crippen LogP contribution in [-0.4, -0.2) is 48.7 Å². The number of hydrogen-bond acceptors (Lipinski definition) is 5. The topological polar surface area (TPSA) is 83.8 Å². The Bertz CT molecular complexity index is 894. The van der Waals surface area contributed by atoms with Crippen LogP contribution in [0.1, 0.15) is 5.56 Å². The average Bonchev–Trinajstić information content (AvgIpc) is 2.63. The molecule has 0 spiro atoms. The van der Waals surface area contributed by atoms with Gasteiger partial charge in [-0.15, -0.1) is 0 Å². The van der Waals surface area contributed by atoms with Crippen molar-refractivity contribution in [2.75, 3.05) is 26.2 Å². The van der Waals surface area contributed by atoms with Crippen LogP contribution in [0, 0.1) is 10.1 Å². The van der Waals surface area contributed by atoms with Gasteiger partial charge in [-0.05, 0) is 29.8 Å². The van der Waals surface area contributed by atoms with E-state index < -0.39 is 14.9 Å². The number of non-ortho nitro benzene ring substituents is 1. The lowest BCUT2D eigenvalue weighted by molar-refractivity contribution is -0.384. The number of benzene rings is 2. The van der Waals surface area contributed by atoms with Crippen molar-refractivity contribution in [3.05, 3.63) is 68.7 Å². The van der Waals surface area contributed by atoms with Crippen molar-refractivity contribution in [2.45, 2.75) is 11.4 Å². The summed E-state index contributed by atoms with van der Waals surface area (Å²) in [4.78, 5) is 12.8. The second kappa shape index (κ2) is 7.83. The second-order valence-corrected chi connectivity index (χ2v) is 8.91. The monoisotopic (exact) mass is 439 g/mol. The van der Waals surface area contributed by atoms with E-state index in [9.17, 15) is 18.5 Å². The highest BCUT2D eigenvalue weighted by atomic mass is 79.9. The number of nitrogens with zero attached hydrogens (tertiary/aromatic N) is 3. The van der Waals surface area contributed by atoms with Crippen molar-refractivity contribution in [1.29, 1.82) is 0 Å². The number of nitro benzene ring substituents is 1. The summed E-state index contributed by atoms with van der Waals surface area (Å²) >= 11 is 3.30. The van der Waals surface area contributed by atoms with E-state index >= 15 is 0 Å². The Morgan fingerprint density at radius 1 is 1.04 bits per heavy atom. The highest BCUT2D eigenvalue weighted by molar-refractivity contribution is 9.10. The van der Waals surface area contributed by atoms with Crippen molar-refractivity contribution in [3.8, 4) is 0 Å². The first-order chi connectivity index (χ1) is 12.4. The van der Waals surface area contributed by atoms with Crippen LogP contribution in [0.5, 0.6) is 0 Å². The van der Waals surface area contributed by atoms with E-state index in [2.05, 4.69) is 20.8 Å². The Morgan fingerprint density at radius 3 is 2.31 bits per heavy atom. The maximum atomic E-state index is 12.7. The number of rotatable bonds is 5. The lowest BCUT2D eigenvalue weighted by Crippen LogP contribution is -2.48. The van der Waals surface area contributed by atoms with E-state index in [0.29, 0.717) is 32.7 Å². The third kappa shape index (κ3) is 4.29. The molecule has 2 aromatic carbocycles. The minimum absolute atomic E-state index is 0.0685. The maximum Gasteiger partial charge on any atom is 0.269 e. The summed E-state index contributed by atoms with van der Waals surface area (Å²) in [5, 5.41) is 10.9. The molecular formula is C17H18BrN3O4S. The van der Waals surface area contributed by atoms with Crippen LogP contribution in [0.2, 0.25) is 0 Å². The highest BCUT2D eigenvalue weighted by Gasteiger charge is 2.28. The fraction of sp³-hybridized carbons (Fsp3) is 0.294. The largest absolute Gasteiger partial charge is 0.296 e. The quantitative estimate of drug-likeness (QED) is 0.528. The van der Waals surface area contributed by atoms with Crippen LogP contribution in [0.3, 0.4) is 0 Å². The first-order valence-electron chi connectivity index (χ1n) is 8.08. The molecule has 1 saturated heterocycles. The van der Waals surface area contributed by atoms with Gasteiger partial charge in [0, 0.05) is 49.3 Å². The fourth-order valence-corrected chi connectivity index (χ4v) is 4.60. The minimum Gasteiger partial charge on any atom is -0.296 e. The van der Waals surface area contributed by atoms with Crippen LogP contribution < -0.4 is 0 Å². The number of piperazine rings is 1. The zero-order valence-electron chi connectivity index (χ0n) is 13.9. The molecule has 0 amide bonds. The van der Waals surface area contributed by atoms with E-state index in [4.69, 9.17) is 0 Å².